The van der Waals surface area contributed by atoms with Crippen molar-refractivity contribution in [1.82, 2.24) is 4.98 Å². The van der Waals surface area contributed by atoms with Gasteiger partial charge in [0.15, 0.2) is 6.20 Å². The van der Waals surface area contributed by atoms with Gasteiger partial charge in [0.05, 0.1) is 5.56 Å². The van der Waals surface area contributed by atoms with E-state index in [1.54, 1.807) is 0 Å². The molecular formula is C28H21ClN2O4. The number of halogens is 1. The summed E-state index contributed by atoms with van der Waals surface area (Å²) in [5, 5.41) is 0. The van der Waals surface area contributed by atoms with Crippen LogP contribution >= 0.6 is 0 Å². The molecule has 174 valence electrons. The first-order chi connectivity index (χ1) is 16.9. The molecule has 3 aromatic carbocycles. The molecule has 0 aliphatic rings. The summed E-state index contributed by atoms with van der Waals surface area (Å²) in [6, 6.07) is 38.1. The van der Waals surface area contributed by atoms with Crippen LogP contribution < -0.4 is 23.2 Å². The minimum absolute atomic E-state index is 1.08. The number of nitrogens with zero attached hydrogens (tertiary/aromatic N) is 2. The summed E-state index contributed by atoms with van der Waals surface area (Å²) in [6.07, 6.45) is 5.92. The standard InChI is InChI=1S/C28H21N2.ClHO4/c1-4-10-22(11-5-1)26-20-28(24-14-8-3-9-15-24)30(25-16-18-29-19-17-25)21-27(26)23-12-6-2-7-13-23;2-1(3,4)5/h1-21H;(H,2,3,4,5)/q+1;/p-1. The van der Waals surface area contributed by atoms with Gasteiger partial charge in [-0.2, -0.15) is 4.57 Å². The summed E-state index contributed by atoms with van der Waals surface area (Å²) in [6.45, 7) is 0. The Bertz CT molecular complexity index is 1160. The molecule has 0 aliphatic heterocycles. The summed E-state index contributed by atoms with van der Waals surface area (Å²) < 4.78 is 36.2. The average molecular weight is 485 g/mol. The lowest BCUT2D eigenvalue weighted by Crippen LogP contribution is -2.68. The predicted molar refractivity (Wildman–Crippen MR) is 122 cm³/mol. The zero-order chi connectivity index (χ0) is 24.7. The molecule has 0 atom stereocenters. The van der Waals surface area contributed by atoms with Crippen LogP contribution in [0.5, 0.6) is 0 Å². The van der Waals surface area contributed by atoms with E-state index in [-0.39, 0.29) is 0 Å². The first-order valence-corrected chi connectivity index (χ1v) is 11.9. The second kappa shape index (κ2) is 11.0. The third kappa shape index (κ3) is 6.58. The van der Waals surface area contributed by atoms with Crippen LogP contribution in [0, 0.1) is 10.2 Å². The predicted octanol–water partition coefficient (Wildman–Crippen LogP) is 1.60. The SMILES string of the molecule is [O-][Cl+3]([O-])([O-])[O-].c1ccc(-c2cc(-c3ccccc3)[n+](-c3ccncc3)cc2-c2ccccc2)cc1. The third-order valence-electron chi connectivity index (χ3n) is 5.27. The monoisotopic (exact) mass is 484 g/mol. The van der Waals surface area contributed by atoms with Crippen molar-refractivity contribution in [2.45, 2.75) is 0 Å². The van der Waals surface area contributed by atoms with Crippen molar-refractivity contribution >= 4 is 0 Å². The molecule has 2 aromatic heterocycles. The van der Waals surface area contributed by atoms with Crippen LogP contribution in [0.25, 0.3) is 39.2 Å². The van der Waals surface area contributed by atoms with E-state index in [0.717, 1.165) is 11.4 Å². The van der Waals surface area contributed by atoms with Crippen molar-refractivity contribution in [3.8, 4) is 39.2 Å². The number of benzene rings is 3. The summed E-state index contributed by atoms with van der Waals surface area (Å²) >= 11 is 0. The molecule has 5 aromatic rings. The molecule has 5 rings (SSSR count). The highest BCUT2D eigenvalue weighted by Crippen LogP contribution is 2.34. The zero-order valence-electron chi connectivity index (χ0n) is 18.5. The van der Waals surface area contributed by atoms with Crippen LogP contribution in [0.1, 0.15) is 0 Å². The van der Waals surface area contributed by atoms with Gasteiger partial charge in [0.2, 0.25) is 11.4 Å². The lowest BCUT2D eigenvalue weighted by atomic mass is 9.94. The van der Waals surface area contributed by atoms with Crippen molar-refractivity contribution in [3.63, 3.8) is 0 Å². The van der Waals surface area contributed by atoms with Crippen LogP contribution in [0.2, 0.25) is 0 Å². The van der Waals surface area contributed by atoms with Crippen molar-refractivity contribution in [1.29, 1.82) is 0 Å². The Morgan fingerprint density at radius 1 is 0.543 bits per heavy atom. The van der Waals surface area contributed by atoms with Crippen molar-refractivity contribution in [2.24, 2.45) is 0 Å². The lowest BCUT2D eigenvalue weighted by molar-refractivity contribution is -2.00. The topological polar surface area (TPSA) is 109 Å². The van der Waals surface area contributed by atoms with Crippen LogP contribution in [0.3, 0.4) is 0 Å². The molecule has 0 N–H and O–H groups in total. The minimum Gasteiger partial charge on any atom is -0.264 e. The molecule has 0 aliphatic carbocycles. The first-order valence-electron chi connectivity index (χ1n) is 10.7. The highest BCUT2D eigenvalue weighted by molar-refractivity contribution is 5.84. The number of hydrogen-bond acceptors (Lipinski definition) is 5. The molecule has 0 saturated carbocycles. The van der Waals surface area contributed by atoms with Gasteiger partial charge in [0.25, 0.3) is 0 Å². The molecule has 0 amide bonds. The second-order valence-corrected chi connectivity index (χ2v) is 8.29. The van der Waals surface area contributed by atoms with Crippen LogP contribution in [0.4, 0.5) is 0 Å². The maximum absolute atomic E-state index is 8.49. The number of pyridine rings is 2. The molecule has 0 spiro atoms. The van der Waals surface area contributed by atoms with Gasteiger partial charge in [-0.3, -0.25) is 4.98 Å². The molecule has 0 radical (unpaired) electrons. The largest absolute Gasteiger partial charge is 0.264 e. The Balaban J connectivity index is 0.000000527. The maximum Gasteiger partial charge on any atom is 0.219 e. The van der Waals surface area contributed by atoms with Crippen LogP contribution in [-0.2, 0) is 0 Å². The molecule has 0 unspecified atom stereocenters. The Morgan fingerprint density at radius 2 is 0.971 bits per heavy atom. The van der Waals surface area contributed by atoms with Gasteiger partial charge in [-0.1, -0.05) is 78.9 Å². The van der Waals surface area contributed by atoms with E-state index in [2.05, 4.69) is 113 Å². The van der Waals surface area contributed by atoms with Crippen molar-refractivity contribution in [3.05, 3.63) is 128 Å². The van der Waals surface area contributed by atoms with Gasteiger partial charge in [-0.05, 0) is 23.3 Å². The highest BCUT2D eigenvalue weighted by atomic mass is 35.7. The molecule has 6 nitrogen and oxygen atoms in total. The quantitative estimate of drug-likeness (QED) is 0.360. The van der Waals surface area contributed by atoms with Crippen molar-refractivity contribution in [2.75, 3.05) is 0 Å². The van der Waals surface area contributed by atoms with E-state index in [1.807, 2.05) is 24.5 Å². The summed E-state index contributed by atoms with van der Waals surface area (Å²) in [4.78, 5) is 4.21. The van der Waals surface area contributed by atoms with Gasteiger partial charge in [-0.15, -0.1) is 10.2 Å². The molecule has 35 heavy (non-hydrogen) atoms. The lowest BCUT2D eigenvalue weighted by Gasteiger charge is -2.17. The zero-order valence-corrected chi connectivity index (χ0v) is 19.3. The summed E-state index contributed by atoms with van der Waals surface area (Å²) in [5.74, 6) is 0. The van der Waals surface area contributed by atoms with Gasteiger partial charge in [-0.25, -0.2) is 18.6 Å². The van der Waals surface area contributed by atoms with Gasteiger partial charge < -0.3 is 0 Å². The summed E-state index contributed by atoms with van der Waals surface area (Å²) in [7, 11) is -4.94. The minimum atomic E-state index is -4.94. The third-order valence-corrected chi connectivity index (χ3v) is 5.27. The first kappa shape index (κ1) is 24.2. The average Bonchev–Trinajstić information content (AvgIpc) is 2.89. The molecule has 0 saturated heterocycles. The molecule has 2 heterocycles. The van der Waals surface area contributed by atoms with Crippen LogP contribution in [0.15, 0.2) is 128 Å². The highest BCUT2D eigenvalue weighted by Gasteiger charge is 2.22. The number of aromatic nitrogens is 2. The van der Waals surface area contributed by atoms with Gasteiger partial charge in [0, 0.05) is 41.7 Å². The normalized spacial score (nSPS) is 10.9. The molecule has 7 heteroatoms. The Labute approximate surface area is 205 Å². The fourth-order valence-electron chi connectivity index (χ4n) is 3.81. The Hall–Kier alpha value is -3.91. The van der Waals surface area contributed by atoms with E-state index in [1.165, 1.54) is 27.8 Å². The van der Waals surface area contributed by atoms with E-state index < -0.39 is 10.2 Å². The van der Waals surface area contributed by atoms with Gasteiger partial charge in [0.1, 0.15) is 0 Å². The number of hydrogen-bond donors (Lipinski definition) is 0. The summed E-state index contributed by atoms with van der Waals surface area (Å²) in [5.41, 5.74) is 8.20. The van der Waals surface area contributed by atoms with Gasteiger partial charge >= 0.3 is 0 Å². The second-order valence-electron chi connectivity index (χ2n) is 7.54. The fraction of sp³-hybridized carbons (Fsp3) is 0. The van der Waals surface area contributed by atoms with E-state index in [9.17, 15) is 0 Å². The van der Waals surface area contributed by atoms with E-state index in [4.69, 9.17) is 18.6 Å². The molecule has 0 bridgehead atoms. The van der Waals surface area contributed by atoms with Crippen LogP contribution in [-0.4, -0.2) is 4.98 Å². The Kier molecular flexibility index (Phi) is 7.62. The smallest absolute Gasteiger partial charge is 0.219 e. The number of rotatable bonds is 4. The van der Waals surface area contributed by atoms with Crippen molar-refractivity contribution < 1.29 is 33.4 Å². The van der Waals surface area contributed by atoms with E-state index >= 15 is 0 Å². The molecule has 0 fully saturated rings. The maximum atomic E-state index is 8.49. The van der Waals surface area contributed by atoms with E-state index in [0.29, 0.717) is 0 Å². The molecular weight excluding hydrogens is 464 g/mol. The fourth-order valence-corrected chi connectivity index (χ4v) is 3.81. The Morgan fingerprint density at radius 3 is 1.46 bits per heavy atom.